The number of aromatic nitrogens is 2. The molecule has 2 aliphatic heterocycles. The lowest BCUT2D eigenvalue weighted by molar-refractivity contribution is 0.315. The summed E-state index contributed by atoms with van der Waals surface area (Å²) in [4.78, 5) is 10.9. The van der Waals surface area contributed by atoms with E-state index in [1.54, 1.807) is 18.2 Å². The lowest BCUT2D eigenvalue weighted by atomic mass is 10.1. The second-order valence-electron chi connectivity index (χ2n) is 9.17. The van der Waals surface area contributed by atoms with Gasteiger partial charge in [0.25, 0.3) is 0 Å². The number of pyridine rings is 1. The fourth-order valence-corrected chi connectivity index (χ4v) is 4.85. The molecule has 1 saturated heterocycles. The summed E-state index contributed by atoms with van der Waals surface area (Å²) in [5.74, 6) is 0.608. The highest BCUT2D eigenvalue weighted by Gasteiger charge is 2.31. The fraction of sp³-hybridized carbons (Fsp3) is 0.308. The summed E-state index contributed by atoms with van der Waals surface area (Å²) in [6.07, 6.45) is 3.00. The van der Waals surface area contributed by atoms with E-state index in [0.717, 1.165) is 42.0 Å². The smallest absolute Gasteiger partial charge is 0.179 e. The van der Waals surface area contributed by atoms with Crippen LogP contribution in [0.1, 0.15) is 23.4 Å². The summed E-state index contributed by atoms with van der Waals surface area (Å²) in [7, 11) is 5.94. The Morgan fingerprint density at radius 2 is 1.97 bits per heavy atom. The molecule has 1 aromatic carbocycles. The first-order chi connectivity index (χ1) is 16.9. The van der Waals surface area contributed by atoms with Gasteiger partial charge in [-0.15, -0.1) is 5.10 Å². The number of rotatable bonds is 4. The number of fused-ring (bicyclic) bond motifs is 2. The first kappa shape index (κ1) is 22.7. The van der Waals surface area contributed by atoms with Crippen LogP contribution in [0.5, 0.6) is 0 Å². The zero-order chi connectivity index (χ0) is 24.7. The van der Waals surface area contributed by atoms with Crippen molar-refractivity contribution in [2.24, 2.45) is 10.2 Å². The summed E-state index contributed by atoms with van der Waals surface area (Å²) in [6.45, 7) is 5.51. The number of halogens is 1. The Kier molecular flexibility index (Phi) is 5.83. The lowest BCUT2D eigenvalue weighted by Gasteiger charge is -2.24. The molecule has 0 N–H and O–H groups in total. The second-order valence-corrected chi connectivity index (χ2v) is 9.17. The van der Waals surface area contributed by atoms with Crippen LogP contribution in [0.25, 0.3) is 11.1 Å². The molecule has 0 spiro atoms. The van der Waals surface area contributed by atoms with Gasteiger partial charge < -0.3 is 19.3 Å². The summed E-state index contributed by atoms with van der Waals surface area (Å²) in [6, 6.07) is 13.5. The number of hydrogen-bond donors (Lipinski definition) is 0. The minimum Gasteiger partial charge on any atom is -0.353 e. The van der Waals surface area contributed by atoms with Gasteiger partial charge in [-0.3, -0.25) is 0 Å². The van der Waals surface area contributed by atoms with E-state index >= 15 is 4.39 Å². The van der Waals surface area contributed by atoms with Crippen molar-refractivity contribution >= 4 is 24.1 Å². The third kappa shape index (κ3) is 4.06. The molecule has 35 heavy (non-hydrogen) atoms. The molecule has 8 nitrogen and oxygen atoms in total. The maximum absolute atomic E-state index is 15.3. The van der Waals surface area contributed by atoms with Crippen LogP contribution < -0.4 is 9.80 Å². The summed E-state index contributed by atoms with van der Waals surface area (Å²) >= 11 is 0. The molecular formula is C26H27FN8. The van der Waals surface area contributed by atoms with Crippen molar-refractivity contribution in [3.63, 3.8) is 0 Å². The molecule has 0 unspecified atom stereocenters. The molecule has 3 aromatic rings. The average Bonchev–Trinajstić information content (AvgIpc) is 3.49. The number of hydrogen-bond acceptors (Lipinski definition) is 6. The number of likely N-dealkylation sites (N-methyl/N-ethyl adjacent to an activating group) is 1. The number of nitrogens with zero attached hydrogens (tertiary/aromatic N) is 8. The highest BCUT2D eigenvalue weighted by molar-refractivity contribution is 6.10. The topological polar surface area (TPSA) is 76.0 Å². The van der Waals surface area contributed by atoms with Crippen LogP contribution in [0, 0.1) is 17.1 Å². The van der Waals surface area contributed by atoms with Gasteiger partial charge in [-0.1, -0.05) is 12.1 Å². The Morgan fingerprint density at radius 3 is 2.63 bits per heavy atom. The van der Waals surface area contributed by atoms with E-state index in [1.807, 2.05) is 41.2 Å². The zero-order valence-corrected chi connectivity index (χ0v) is 20.1. The van der Waals surface area contributed by atoms with Crippen molar-refractivity contribution in [3.05, 3.63) is 65.4 Å². The van der Waals surface area contributed by atoms with Crippen LogP contribution in [0.2, 0.25) is 0 Å². The minimum absolute atomic E-state index is 0.342. The largest absolute Gasteiger partial charge is 0.353 e. The van der Waals surface area contributed by atoms with Crippen LogP contribution in [0.15, 0.2) is 52.8 Å². The molecule has 4 heterocycles. The number of amidine groups is 1. The lowest BCUT2D eigenvalue weighted by Crippen LogP contribution is -2.32. The molecular weight excluding hydrogens is 443 g/mol. The fourth-order valence-electron chi connectivity index (χ4n) is 4.85. The number of benzene rings is 1. The Hall–Kier alpha value is -4.03. The van der Waals surface area contributed by atoms with Gasteiger partial charge >= 0.3 is 0 Å². The van der Waals surface area contributed by atoms with Crippen molar-refractivity contribution in [2.75, 3.05) is 44.0 Å². The van der Waals surface area contributed by atoms with Crippen molar-refractivity contribution < 1.29 is 4.39 Å². The van der Waals surface area contributed by atoms with E-state index in [4.69, 9.17) is 10.2 Å². The third-order valence-corrected chi connectivity index (χ3v) is 6.84. The van der Waals surface area contributed by atoms with Crippen LogP contribution in [-0.4, -0.2) is 67.3 Å². The third-order valence-electron chi connectivity index (χ3n) is 6.84. The van der Waals surface area contributed by atoms with E-state index in [0.29, 0.717) is 35.5 Å². The Bertz CT molecular complexity index is 1350. The van der Waals surface area contributed by atoms with Gasteiger partial charge in [0.1, 0.15) is 0 Å². The van der Waals surface area contributed by atoms with E-state index in [1.165, 1.54) is 0 Å². The Balaban J connectivity index is 1.57. The predicted molar refractivity (Wildman–Crippen MR) is 137 cm³/mol. The van der Waals surface area contributed by atoms with Crippen molar-refractivity contribution in [1.29, 1.82) is 5.26 Å². The molecule has 1 atom stereocenters. The normalized spacial score (nSPS) is 18.4. The SMILES string of the molecule is C=N/N=C1/c2cc(-c3ccc(C#N)cc3)cn2Cc2nc(N3CC[C@@H](N(C)C)C3)c(F)cc2N1C. The molecule has 0 radical (unpaired) electrons. The first-order valence-corrected chi connectivity index (χ1v) is 11.5. The second kappa shape index (κ2) is 8.96. The van der Waals surface area contributed by atoms with Gasteiger partial charge in [-0.2, -0.15) is 10.4 Å². The predicted octanol–water partition coefficient (Wildman–Crippen LogP) is 3.56. The van der Waals surface area contributed by atoms with Gasteiger partial charge in [0.2, 0.25) is 0 Å². The summed E-state index contributed by atoms with van der Waals surface area (Å²) < 4.78 is 17.4. The monoisotopic (exact) mass is 470 g/mol. The Labute approximate surface area is 204 Å². The minimum atomic E-state index is -0.342. The molecule has 0 saturated carbocycles. The van der Waals surface area contributed by atoms with Crippen molar-refractivity contribution in [2.45, 2.75) is 19.0 Å². The van der Waals surface area contributed by atoms with E-state index < -0.39 is 0 Å². The van der Waals surface area contributed by atoms with Crippen LogP contribution in [-0.2, 0) is 6.54 Å². The highest BCUT2D eigenvalue weighted by Crippen LogP contribution is 2.34. The van der Waals surface area contributed by atoms with Crippen LogP contribution >= 0.6 is 0 Å². The maximum Gasteiger partial charge on any atom is 0.179 e. The zero-order valence-electron chi connectivity index (χ0n) is 20.1. The van der Waals surface area contributed by atoms with Gasteiger partial charge in [-0.25, -0.2) is 9.37 Å². The standard InChI is InChI=1S/C26H27FN8/c1-29-31-26-24-11-19(18-7-5-17(13-28)6-8-18)14-35(24)16-22-23(33(26)4)12-21(27)25(30-22)34-10-9-20(15-34)32(2)3/h5-8,11-12,14,20H,1,9-10,15-16H2,2-4H3/b31-26-/t20-/m1/s1. The molecule has 2 aliphatic rings. The van der Waals surface area contributed by atoms with Gasteiger partial charge in [0.05, 0.1) is 35.3 Å². The Morgan fingerprint density at radius 1 is 1.20 bits per heavy atom. The average molecular weight is 471 g/mol. The van der Waals surface area contributed by atoms with Gasteiger partial charge in [-0.05, 0) is 44.3 Å². The van der Waals surface area contributed by atoms with E-state index in [-0.39, 0.29) is 5.82 Å². The molecule has 9 heteroatoms. The van der Waals surface area contributed by atoms with Gasteiger partial charge in [0.15, 0.2) is 17.5 Å². The number of anilines is 2. The quantitative estimate of drug-likeness (QED) is 0.431. The first-order valence-electron chi connectivity index (χ1n) is 11.5. The molecule has 0 bridgehead atoms. The van der Waals surface area contributed by atoms with E-state index in [9.17, 15) is 0 Å². The van der Waals surface area contributed by atoms with Gasteiger partial charge in [0, 0.05) is 50.7 Å². The van der Waals surface area contributed by atoms with Crippen molar-refractivity contribution in [1.82, 2.24) is 14.5 Å². The summed E-state index contributed by atoms with van der Waals surface area (Å²) in [5, 5.41) is 17.2. The van der Waals surface area contributed by atoms with Crippen molar-refractivity contribution in [3.8, 4) is 17.2 Å². The highest BCUT2D eigenvalue weighted by atomic mass is 19.1. The summed E-state index contributed by atoms with van der Waals surface area (Å²) in [5.41, 5.74) is 4.81. The molecule has 1 fully saturated rings. The number of nitriles is 1. The van der Waals surface area contributed by atoms with E-state index in [2.05, 4.69) is 46.6 Å². The maximum atomic E-state index is 15.3. The van der Waals surface area contributed by atoms with Crippen LogP contribution in [0.4, 0.5) is 15.9 Å². The molecule has 178 valence electrons. The molecule has 0 aliphatic carbocycles. The van der Waals surface area contributed by atoms with Crippen LogP contribution in [0.3, 0.4) is 0 Å². The molecule has 0 amide bonds. The molecule has 5 rings (SSSR count). The molecule has 2 aromatic heterocycles.